The molecule has 3 aromatic rings. The molecule has 1 aliphatic heterocycles. The number of rotatable bonds is 4. The van der Waals surface area contributed by atoms with Gasteiger partial charge in [-0.3, -0.25) is 9.59 Å². The third-order valence-corrected chi connectivity index (χ3v) is 7.41. The van der Waals surface area contributed by atoms with Crippen LogP contribution >= 0.6 is 11.6 Å². The molecule has 1 amide bonds. The molecule has 0 unspecified atom stereocenters. The summed E-state index contributed by atoms with van der Waals surface area (Å²) in [5, 5.41) is 4.90. The molecule has 8 nitrogen and oxygen atoms in total. The van der Waals surface area contributed by atoms with Gasteiger partial charge in [0.2, 0.25) is 15.5 Å². The Morgan fingerprint density at radius 1 is 1.09 bits per heavy atom. The molecule has 10 heteroatoms. The van der Waals surface area contributed by atoms with E-state index in [0.717, 1.165) is 9.87 Å². The fraction of sp³-hybridized carbons (Fsp3) is 0.227. The van der Waals surface area contributed by atoms with Crippen LogP contribution in [0.1, 0.15) is 21.7 Å². The molecule has 2 aromatic carbocycles. The molecule has 0 radical (unpaired) electrons. The van der Waals surface area contributed by atoms with Crippen molar-refractivity contribution in [2.45, 2.75) is 18.2 Å². The second-order valence-electron chi connectivity index (χ2n) is 7.67. The Labute approximate surface area is 190 Å². The molecule has 0 saturated heterocycles. The minimum absolute atomic E-state index is 0.161. The zero-order valence-electron chi connectivity index (χ0n) is 17.7. The lowest BCUT2D eigenvalue weighted by molar-refractivity contribution is 0.0981. The van der Waals surface area contributed by atoms with E-state index in [1.54, 1.807) is 43.3 Å². The standard InChI is InChI=1S/C22H21ClN4O4S/c1-14-12-20(28)21(24-27(14)17-6-4-16(23)5-7-17)22(29)26-11-10-15-13-18(8-9-19(15)26)32(30,31)25(2)3/h4-9,12-13H,10-11H2,1-3H3. The first-order valence-electron chi connectivity index (χ1n) is 9.84. The van der Waals surface area contributed by atoms with Gasteiger partial charge >= 0.3 is 0 Å². The lowest BCUT2D eigenvalue weighted by atomic mass is 10.2. The molecule has 0 fully saturated rings. The van der Waals surface area contributed by atoms with E-state index in [1.807, 2.05) is 0 Å². The Morgan fingerprint density at radius 2 is 1.78 bits per heavy atom. The number of aromatic nitrogens is 2. The minimum atomic E-state index is -3.58. The molecule has 2 heterocycles. The number of hydrogen-bond donors (Lipinski definition) is 0. The van der Waals surface area contributed by atoms with Gasteiger partial charge in [0.25, 0.3) is 5.91 Å². The summed E-state index contributed by atoms with van der Waals surface area (Å²) in [6.07, 6.45) is 0.481. The quantitative estimate of drug-likeness (QED) is 0.582. The van der Waals surface area contributed by atoms with Crippen LogP contribution in [0.25, 0.3) is 5.69 Å². The van der Waals surface area contributed by atoms with Crippen molar-refractivity contribution in [3.63, 3.8) is 0 Å². The van der Waals surface area contributed by atoms with Crippen LogP contribution < -0.4 is 10.3 Å². The molecule has 0 atom stereocenters. The molecule has 1 aliphatic rings. The second kappa shape index (κ2) is 8.16. The van der Waals surface area contributed by atoms with Crippen molar-refractivity contribution in [2.24, 2.45) is 0 Å². The fourth-order valence-electron chi connectivity index (χ4n) is 3.63. The fourth-order valence-corrected chi connectivity index (χ4v) is 4.71. The van der Waals surface area contributed by atoms with Gasteiger partial charge in [0, 0.05) is 43.1 Å². The summed E-state index contributed by atoms with van der Waals surface area (Å²) in [6, 6.07) is 12.9. The number of amides is 1. The highest BCUT2D eigenvalue weighted by Gasteiger charge is 2.30. The topological polar surface area (TPSA) is 92.6 Å². The molecule has 1 aromatic heterocycles. The Morgan fingerprint density at radius 3 is 2.44 bits per heavy atom. The average molecular weight is 473 g/mol. The Kier molecular flexibility index (Phi) is 5.66. The SMILES string of the molecule is Cc1cc(=O)c(C(=O)N2CCc3cc(S(=O)(=O)N(C)C)ccc32)nn1-c1ccc(Cl)cc1. The number of halogens is 1. The van der Waals surface area contributed by atoms with Crippen molar-refractivity contribution in [3.8, 4) is 5.69 Å². The maximum absolute atomic E-state index is 13.3. The average Bonchev–Trinajstić information content (AvgIpc) is 3.17. The molecule has 4 rings (SSSR count). The van der Waals surface area contributed by atoms with Crippen LogP contribution in [0.3, 0.4) is 0 Å². The lowest BCUT2D eigenvalue weighted by Gasteiger charge is -2.18. The van der Waals surface area contributed by atoms with Gasteiger partial charge in [-0.15, -0.1) is 0 Å². The number of carbonyl (C=O) groups is 1. The van der Waals surface area contributed by atoms with Crippen molar-refractivity contribution in [3.05, 3.63) is 80.7 Å². The summed E-state index contributed by atoms with van der Waals surface area (Å²) in [6.45, 7) is 2.06. The summed E-state index contributed by atoms with van der Waals surface area (Å²) < 4.78 is 27.5. The molecular weight excluding hydrogens is 452 g/mol. The summed E-state index contributed by atoms with van der Waals surface area (Å²) in [5.74, 6) is -0.528. The molecule has 0 aliphatic carbocycles. The largest absolute Gasteiger partial charge is 0.306 e. The van der Waals surface area contributed by atoms with E-state index < -0.39 is 21.4 Å². The van der Waals surface area contributed by atoms with Crippen LogP contribution in [0.2, 0.25) is 5.02 Å². The van der Waals surface area contributed by atoms with Crippen LogP contribution in [-0.2, 0) is 16.4 Å². The van der Waals surface area contributed by atoms with Crippen molar-refractivity contribution < 1.29 is 13.2 Å². The number of hydrogen-bond acceptors (Lipinski definition) is 5. The van der Waals surface area contributed by atoms with Crippen LogP contribution in [0.4, 0.5) is 5.69 Å². The van der Waals surface area contributed by atoms with Gasteiger partial charge in [-0.25, -0.2) is 17.4 Å². The zero-order valence-corrected chi connectivity index (χ0v) is 19.3. The molecule has 32 heavy (non-hydrogen) atoms. The number of carbonyl (C=O) groups excluding carboxylic acids is 1. The lowest BCUT2D eigenvalue weighted by Crippen LogP contribution is -2.35. The highest BCUT2D eigenvalue weighted by atomic mass is 35.5. The van der Waals surface area contributed by atoms with E-state index in [0.29, 0.717) is 35.1 Å². The first-order chi connectivity index (χ1) is 15.1. The predicted octanol–water partition coefficient (Wildman–Crippen LogP) is 2.65. The number of fused-ring (bicyclic) bond motifs is 1. The van der Waals surface area contributed by atoms with Crippen molar-refractivity contribution in [1.82, 2.24) is 14.1 Å². The van der Waals surface area contributed by atoms with Gasteiger partial charge in [0.05, 0.1) is 10.6 Å². The Bertz CT molecular complexity index is 1380. The first-order valence-corrected chi connectivity index (χ1v) is 11.7. The Balaban J connectivity index is 1.72. The molecule has 0 saturated carbocycles. The van der Waals surface area contributed by atoms with Gasteiger partial charge in [0.1, 0.15) is 0 Å². The van der Waals surface area contributed by atoms with E-state index in [4.69, 9.17) is 11.6 Å². The molecule has 166 valence electrons. The molecule has 0 spiro atoms. The summed E-state index contributed by atoms with van der Waals surface area (Å²) in [5.41, 5.74) is 1.87. The van der Waals surface area contributed by atoms with Gasteiger partial charge in [0.15, 0.2) is 5.69 Å². The van der Waals surface area contributed by atoms with Crippen LogP contribution in [-0.4, -0.2) is 49.1 Å². The van der Waals surface area contributed by atoms with E-state index in [9.17, 15) is 18.0 Å². The third kappa shape index (κ3) is 3.83. The summed E-state index contributed by atoms with van der Waals surface area (Å²) >= 11 is 5.96. The van der Waals surface area contributed by atoms with Gasteiger partial charge in [-0.05, 0) is 61.4 Å². The third-order valence-electron chi connectivity index (χ3n) is 5.35. The maximum Gasteiger partial charge on any atom is 0.282 e. The zero-order chi connectivity index (χ0) is 23.2. The minimum Gasteiger partial charge on any atom is -0.306 e. The monoisotopic (exact) mass is 472 g/mol. The predicted molar refractivity (Wildman–Crippen MR) is 122 cm³/mol. The van der Waals surface area contributed by atoms with E-state index >= 15 is 0 Å². The van der Waals surface area contributed by atoms with Gasteiger partial charge in [-0.1, -0.05) is 11.6 Å². The van der Waals surface area contributed by atoms with Crippen molar-refractivity contribution >= 4 is 33.2 Å². The van der Waals surface area contributed by atoms with Gasteiger partial charge in [-0.2, -0.15) is 5.10 Å². The van der Waals surface area contributed by atoms with Crippen LogP contribution in [0.5, 0.6) is 0 Å². The van der Waals surface area contributed by atoms with E-state index in [1.165, 1.54) is 35.8 Å². The Hall–Kier alpha value is -3.01. The number of aryl methyl sites for hydroxylation is 1. The molecule has 0 N–H and O–H groups in total. The van der Waals surface area contributed by atoms with Gasteiger partial charge < -0.3 is 4.90 Å². The first kappa shape index (κ1) is 22.2. The number of benzene rings is 2. The summed E-state index contributed by atoms with van der Waals surface area (Å²) in [7, 11) is -0.654. The van der Waals surface area contributed by atoms with Crippen LogP contribution in [0, 0.1) is 6.92 Å². The van der Waals surface area contributed by atoms with E-state index in [2.05, 4.69) is 5.10 Å². The number of sulfonamides is 1. The smallest absolute Gasteiger partial charge is 0.282 e. The summed E-state index contributed by atoms with van der Waals surface area (Å²) in [4.78, 5) is 27.5. The molecular formula is C22H21ClN4O4S. The second-order valence-corrected chi connectivity index (χ2v) is 10.3. The van der Waals surface area contributed by atoms with Crippen molar-refractivity contribution in [1.29, 1.82) is 0 Å². The highest BCUT2D eigenvalue weighted by molar-refractivity contribution is 7.89. The molecule has 0 bridgehead atoms. The number of nitrogens with zero attached hydrogens (tertiary/aromatic N) is 4. The number of anilines is 1. The van der Waals surface area contributed by atoms with E-state index in [-0.39, 0.29) is 10.6 Å². The highest BCUT2D eigenvalue weighted by Crippen LogP contribution is 2.31. The van der Waals surface area contributed by atoms with Crippen LogP contribution in [0.15, 0.2) is 58.2 Å². The maximum atomic E-state index is 13.3. The normalized spacial score (nSPS) is 13.5. The van der Waals surface area contributed by atoms with Crippen molar-refractivity contribution in [2.75, 3.05) is 25.5 Å².